The van der Waals surface area contributed by atoms with Crippen molar-refractivity contribution in [2.75, 3.05) is 26.4 Å². The van der Waals surface area contributed by atoms with Gasteiger partial charge in [0.05, 0.1) is 12.6 Å². The van der Waals surface area contributed by atoms with E-state index in [1.54, 1.807) is 0 Å². The fourth-order valence-corrected chi connectivity index (χ4v) is 4.34. The van der Waals surface area contributed by atoms with E-state index >= 15 is 0 Å². The molecule has 0 aromatic carbocycles. The average molecular weight is 288 g/mol. The molecular formula is C11H20N2O5Si. The van der Waals surface area contributed by atoms with Crippen LogP contribution in [0.2, 0.25) is 6.04 Å². The molecule has 0 radical (unpaired) electrons. The summed E-state index contributed by atoms with van der Waals surface area (Å²) in [5.74, 6) is 0. The maximum atomic E-state index is 10.4. The second-order valence-corrected chi connectivity index (χ2v) is 6.13. The maximum absolute atomic E-state index is 10.4. The number of carbonyl (C=O) groups excluding carboxylic acids is 2. The van der Waals surface area contributed by atoms with Gasteiger partial charge in [0.15, 0.2) is 0 Å². The summed E-state index contributed by atoms with van der Waals surface area (Å²) in [5.41, 5.74) is 0. The predicted molar refractivity (Wildman–Crippen MR) is 70.3 cm³/mol. The molecule has 0 amide bonds. The highest BCUT2D eigenvalue weighted by molar-refractivity contribution is 6.60. The van der Waals surface area contributed by atoms with Crippen LogP contribution in [0.15, 0.2) is 9.98 Å². The van der Waals surface area contributed by atoms with Crippen LogP contribution >= 0.6 is 0 Å². The zero-order valence-electron chi connectivity index (χ0n) is 11.5. The summed E-state index contributed by atoms with van der Waals surface area (Å²) in [6.45, 7) is 6.84. The molecule has 108 valence electrons. The molecule has 0 heterocycles. The van der Waals surface area contributed by atoms with Gasteiger partial charge in [-0.05, 0) is 20.8 Å². The zero-order chi connectivity index (χ0) is 14.6. The van der Waals surface area contributed by atoms with Crippen molar-refractivity contribution in [1.82, 2.24) is 0 Å². The number of hydrogen-bond donors (Lipinski definition) is 0. The van der Waals surface area contributed by atoms with E-state index in [9.17, 15) is 9.59 Å². The lowest BCUT2D eigenvalue weighted by molar-refractivity contribution is 0.0699. The van der Waals surface area contributed by atoms with E-state index in [1.807, 2.05) is 20.8 Å². The molecule has 0 N–H and O–H groups in total. The van der Waals surface area contributed by atoms with Gasteiger partial charge in [-0.15, -0.1) is 0 Å². The van der Waals surface area contributed by atoms with Crippen molar-refractivity contribution >= 4 is 21.0 Å². The molecule has 0 saturated heterocycles. The van der Waals surface area contributed by atoms with E-state index < -0.39 is 14.8 Å². The highest BCUT2D eigenvalue weighted by Gasteiger charge is 2.43. The molecule has 19 heavy (non-hydrogen) atoms. The fraction of sp³-hybridized carbons (Fsp3) is 0.818. The third kappa shape index (κ3) is 7.12. The minimum absolute atomic E-state index is 0.0424. The topological polar surface area (TPSA) is 86.6 Å². The van der Waals surface area contributed by atoms with Crippen molar-refractivity contribution in [3.05, 3.63) is 0 Å². The first-order valence-corrected chi connectivity index (χ1v) is 8.13. The SMILES string of the molecule is CCO[Si](CC(CN=C=O)N=C=O)(OCC)OCC. The molecule has 0 bridgehead atoms. The van der Waals surface area contributed by atoms with Gasteiger partial charge in [-0.1, -0.05) is 0 Å². The zero-order valence-corrected chi connectivity index (χ0v) is 12.5. The van der Waals surface area contributed by atoms with Crippen LogP contribution in [-0.4, -0.2) is 53.4 Å². The second kappa shape index (κ2) is 10.7. The van der Waals surface area contributed by atoms with E-state index in [4.69, 9.17) is 13.3 Å². The number of hydrogen-bond acceptors (Lipinski definition) is 7. The summed E-state index contributed by atoms with van der Waals surface area (Å²) < 4.78 is 16.9. The van der Waals surface area contributed by atoms with Crippen LogP contribution in [0.1, 0.15) is 20.8 Å². The van der Waals surface area contributed by atoms with Crippen molar-refractivity contribution in [3.63, 3.8) is 0 Å². The Kier molecular flexibility index (Phi) is 10.1. The van der Waals surface area contributed by atoms with Crippen LogP contribution in [0.5, 0.6) is 0 Å². The molecule has 0 aliphatic carbocycles. The van der Waals surface area contributed by atoms with Gasteiger partial charge in [0, 0.05) is 25.9 Å². The first-order valence-electron chi connectivity index (χ1n) is 6.20. The molecule has 0 rings (SSSR count). The first-order chi connectivity index (χ1) is 9.17. The molecule has 8 heteroatoms. The van der Waals surface area contributed by atoms with Crippen LogP contribution in [0.4, 0.5) is 0 Å². The van der Waals surface area contributed by atoms with Gasteiger partial charge in [0.2, 0.25) is 12.2 Å². The van der Waals surface area contributed by atoms with E-state index in [0.29, 0.717) is 19.8 Å². The summed E-state index contributed by atoms with van der Waals surface area (Å²) in [5, 5.41) is 0. The lowest BCUT2D eigenvalue weighted by Crippen LogP contribution is -2.48. The molecular weight excluding hydrogens is 268 g/mol. The van der Waals surface area contributed by atoms with Gasteiger partial charge in [0.25, 0.3) is 0 Å². The van der Waals surface area contributed by atoms with Gasteiger partial charge < -0.3 is 13.3 Å². The first kappa shape index (κ1) is 17.9. The normalized spacial score (nSPS) is 12.4. The highest BCUT2D eigenvalue weighted by Crippen LogP contribution is 2.20. The Hall–Kier alpha value is -1.14. The molecule has 0 saturated carbocycles. The third-order valence-corrected chi connectivity index (χ3v) is 5.34. The van der Waals surface area contributed by atoms with E-state index in [1.165, 1.54) is 12.2 Å². The highest BCUT2D eigenvalue weighted by atomic mass is 28.4. The van der Waals surface area contributed by atoms with E-state index in [0.717, 1.165) is 0 Å². The molecule has 0 fully saturated rings. The van der Waals surface area contributed by atoms with Crippen molar-refractivity contribution in [2.45, 2.75) is 32.9 Å². The Morgan fingerprint density at radius 3 is 1.89 bits per heavy atom. The summed E-state index contributed by atoms with van der Waals surface area (Å²) in [6, 6.07) is -0.265. The number of aliphatic imine (C=N–C) groups is 2. The van der Waals surface area contributed by atoms with Crippen LogP contribution in [-0.2, 0) is 22.9 Å². The second-order valence-electron chi connectivity index (χ2n) is 3.49. The van der Waals surface area contributed by atoms with Crippen molar-refractivity contribution in [3.8, 4) is 0 Å². The minimum Gasteiger partial charge on any atom is -0.374 e. The van der Waals surface area contributed by atoms with Crippen LogP contribution in [0.3, 0.4) is 0 Å². The summed E-state index contributed by atoms with van der Waals surface area (Å²) in [6.07, 6.45) is 2.88. The monoisotopic (exact) mass is 288 g/mol. The Balaban J connectivity index is 4.97. The Morgan fingerprint density at radius 2 is 1.53 bits per heavy atom. The average Bonchev–Trinajstić information content (AvgIpc) is 2.37. The third-order valence-electron chi connectivity index (χ3n) is 2.18. The lowest BCUT2D eigenvalue weighted by atomic mass is 10.4. The quantitative estimate of drug-likeness (QED) is 0.322. The van der Waals surface area contributed by atoms with E-state index in [-0.39, 0.29) is 12.6 Å². The number of rotatable bonds is 11. The van der Waals surface area contributed by atoms with Gasteiger partial charge in [0.1, 0.15) is 0 Å². The number of nitrogens with zero attached hydrogens (tertiary/aromatic N) is 2. The van der Waals surface area contributed by atoms with Gasteiger partial charge in [-0.3, -0.25) is 0 Å². The van der Waals surface area contributed by atoms with Crippen molar-refractivity contribution in [1.29, 1.82) is 0 Å². The summed E-state index contributed by atoms with van der Waals surface area (Å²) in [4.78, 5) is 27.6. The standard InChI is InChI=1S/C11H20N2O5Si/c1-4-16-19(17-5-2,18-6-3)8-11(13-10-15)7-12-9-14/h11H,4-8H2,1-3H3. The molecule has 0 aliphatic rings. The number of isocyanates is 2. The fourth-order valence-electron chi connectivity index (χ4n) is 1.62. The lowest BCUT2D eigenvalue weighted by Gasteiger charge is -2.29. The largest absolute Gasteiger partial charge is 0.503 e. The predicted octanol–water partition coefficient (Wildman–Crippen LogP) is 1.07. The Labute approximate surface area is 114 Å². The molecule has 0 aromatic rings. The Bertz CT molecular complexity index is 323. The molecule has 0 aromatic heterocycles. The minimum atomic E-state index is -2.91. The summed E-state index contributed by atoms with van der Waals surface area (Å²) in [7, 11) is -2.91. The molecule has 1 atom stereocenters. The van der Waals surface area contributed by atoms with E-state index in [2.05, 4.69) is 9.98 Å². The van der Waals surface area contributed by atoms with Crippen molar-refractivity contribution < 1.29 is 22.9 Å². The van der Waals surface area contributed by atoms with Gasteiger partial charge in [-0.2, -0.15) is 0 Å². The maximum Gasteiger partial charge on any atom is 0.503 e. The smallest absolute Gasteiger partial charge is 0.374 e. The molecule has 7 nitrogen and oxygen atoms in total. The summed E-state index contributed by atoms with van der Waals surface area (Å²) >= 11 is 0. The van der Waals surface area contributed by atoms with Crippen LogP contribution in [0.25, 0.3) is 0 Å². The Morgan fingerprint density at radius 1 is 1.00 bits per heavy atom. The van der Waals surface area contributed by atoms with Gasteiger partial charge in [-0.25, -0.2) is 19.6 Å². The molecule has 0 aliphatic heterocycles. The van der Waals surface area contributed by atoms with Crippen LogP contribution < -0.4 is 0 Å². The molecule has 1 unspecified atom stereocenters. The van der Waals surface area contributed by atoms with Gasteiger partial charge >= 0.3 is 8.80 Å². The molecule has 0 spiro atoms. The van der Waals surface area contributed by atoms with Crippen molar-refractivity contribution in [2.24, 2.45) is 9.98 Å². The van der Waals surface area contributed by atoms with Crippen LogP contribution in [0, 0.1) is 0 Å².